The summed E-state index contributed by atoms with van der Waals surface area (Å²) in [5, 5.41) is 6.17. The summed E-state index contributed by atoms with van der Waals surface area (Å²) in [6.07, 6.45) is 0.0352. The van der Waals surface area contributed by atoms with Crippen LogP contribution in [0.3, 0.4) is 0 Å². The average molecular weight is 285 g/mol. The second-order valence-electron chi connectivity index (χ2n) is 4.39. The lowest BCUT2D eigenvalue weighted by Crippen LogP contribution is -2.21. The van der Waals surface area contributed by atoms with Crippen LogP contribution >= 0.6 is 11.8 Å². The summed E-state index contributed by atoms with van der Waals surface area (Å²) in [6.45, 7) is 8.13. The van der Waals surface area contributed by atoms with Gasteiger partial charge in [0, 0.05) is 18.8 Å². The van der Waals surface area contributed by atoms with Crippen LogP contribution in [0.25, 0.3) is 0 Å². The lowest BCUT2D eigenvalue weighted by atomic mass is 10.4. The van der Waals surface area contributed by atoms with Crippen molar-refractivity contribution in [3.63, 3.8) is 0 Å². The number of hydrogen-bond donors (Lipinski definition) is 2. The lowest BCUT2D eigenvalue weighted by molar-refractivity contribution is 0.222. The third-order valence-corrected chi connectivity index (χ3v) is 3.27. The van der Waals surface area contributed by atoms with Crippen molar-refractivity contribution in [2.24, 2.45) is 0 Å². The fraction of sp³-hybridized carbons (Fsp3) is 0.750. The molecule has 1 aromatic rings. The Morgan fingerprint density at radius 1 is 1.16 bits per heavy atom. The number of nitrogens with zero attached hydrogens (tertiary/aromatic N) is 3. The SMILES string of the molecule is CCSCC(C)Nc1nc(NC)nc(OC(C)C)n1. The van der Waals surface area contributed by atoms with E-state index in [9.17, 15) is 0 Å². The van der Waals surface area contributed by atoms with Gasteiger partial charge in [0.05, 0.1) is 6.10 Å². The highest BCUT2D eigenvalue weighted by Crippen LogP contribution is 2.14. The first-order valence-electron chi connectivity index (χ1n) is 6.49. The average Bonchev–Trinajstić information content (AvgIpc) is 2.35. The summed E-state index contributed by atoms with van der Waals surface area (Å²) < 4.78 is 5.51. The van der Waals surface area contributed by atoms with Gasteiger partial charge in [0.25, 0.3) is 0 Å². The molecule has 19 heavy (non-hydrogen) atoms. The topological polar surface area (TPSA) is 72.0 Å². The number of thioether (sulfide) groups is 1. The van der Waals surface area contributed by atoms with Crippen molar-refractivity contribution in [2.75, 3.05) is 29.2 Å². The van der Waals surface area contributed by atoms with Crippen LogP contribution in [-0.4, -0.2) is 45.7 Å². The minimum absolute atomic E-state index is 0.0352. The van der Waals surface area contributed by atoms with Gasteiger partial charge in [-0.25, -0.2) is 0 Å². The molecule has 0 fully saturated rings. The molecule has 2 N–H and O–H groups in total. The molecule has 7 heteroatoms. The third kappa shape index (κ3) is 5.96. The summed E-state index contributed by atoms with van der Waals surface area (Å²) in [6, 6.07) is 0.635. The molecule has 0 amide bonds. The van der Waals surface area contributed by atoms with E-state index in [4.69, 9.17) is 4.74 Å². The van der Waals surface area contributed by atoms with Crippen molar-refractivity contribution >= 4 is 23.7 Å². The van der Waals surface area contributed by atoms with E-state index in [1.54, 1.807) is 7.05 Å². The predicted octanol–water partition coefficient (Wildman–Crippen LogP) is 2.25. The third-order valence-electron chi connectivity index (χ3n) is 2.13. The van der Waals surface area contributed by atoms with Gasteiger partial charge >= 0.3 is 6.01 Å². The molecule has 0 saturated heterocycles. The summed E-state index contributed by atoms with van der Waals surface area (Å²) >= 11 is 1.88. The molecule has 6 nitrogen and oxygen atoms in total. The van der Waals surface area contributed by atoms with Crippen LogP contribution in [-0.2, 0) is 0 Å². The predicted molar refractivity (Wildman–Crippen MR) is 81.2 cm³/mol. The first kappa shape index (κ1) is 15.8. The van der Waals surface area contributed by atoms with Gasteiger partial charge in [0.1, 0.15) is 0 Å². The molecule has 0 aliphatic rings. The van der Waals surface area contributed by atoms with Gasteiger partial charge in [-0.05, 0) is 26.5 Å². The standard InChI is InChI=1S/C12H23N5OS/c1-6-19-7-9(4)14-11-15-10(13-5)16-12(17-11)18-8(2)3/h8-9H,6-7H2,1-5H3,(H2,13,14,15,16,17). The van der Waals surface area contributed by atoms with Gasteiger partial charge in [-0.2, -0.15) is 26.7 Å². The van der Waals surface area contributed by atoms with Gasteiger partial charge < -0.3 is 15.4 Å². The van der Waals surface area contributed by atoms with Crippen molar-refractivity contribution in [1.82, 2.24) is 15.0 Å². The Hall–Kier alpha value is -1.24. The molecule has 1 atom stereocenters. The van der Waals surface area contributed by atoms with E-state index in [-0.39, 0.29) is 6.10 Å². The van der Waals surface area contributed by atoms with Crippen molar-refractivity contribution in [3.8, 4) is 6.01 Å². The highest BCUT2D eigenvalue weighted by Gasteiger charge is 2.10. The highest BCUT2D eigenvalue weighted by atomic mass is 32.2. The maximum absolute atomic E-state index is 5.51. The number of anilines is 2. The molecule has 108 valence electrons. The zero-order valence-corrected chi connectivity index (χ0v) is 13.0. The Morgan fingerprint density at radius 2 is 1.84 bits per heavy atom. The summed E-state index contributed by atoms with van der Waals surface area (Å²) in [7, 11) is 1.77. The first-order valence-corrected chi connectivity index (χ1v) is 7.65. The van der Waals surface area contributed by atoms with Crippen molar-refractivity contribution in [2.45, 2.75) is 39.8 Å². The van der Waals surface area contributed by atoms with Gasteiger partial charge in [0.15, 0.2) is 0 Å². The molecule has 0 saturated carbocycles. The molecule has 0 spiro atoms. The Morgan fingerprint density at radius 3 is 2.42 bits per heavy atom. The lowest BCUT2D eigenvalue weighted by Gasteiger charge is -2.15. The fourth-order valence-electron chi connectivity index (χ4n) is 1.35. The zero-order chi connectivity index (χ0) is 14.3. The summed E-state index contributed by atoms with van der Waals surface area (Å²) in [4.78, 5) is 12.7. The molecule has 0 aliphatic heterocycles. The first-order chi connectivity index (χ1) is 9.05. The second-order valence-corrected chi connectivity index (χ2v) is 5.71. The number of nitrogens with one attached hydrogen (secondary N) is 2. The quantitative estimate of drug-likeness (QED) is 0.759. The van der Waals surface area contributed by atoms with Crippen LogP contribution < -0.4 is 15.4 Å². The molecular formula is C12H23N5OS. The molecule has 1 aromatic heterocycles. The molecule has 0 radical (unpaired) electrons. The molecule has 1 rings (SSSR count). The van der Waals surface area contributed by atoms with E-state index in [0.717, 1.165) is 11.5 Å². The number of hydrogen-bond acceptors (Lipinski definition) is 7. The van der Waals surface area contributed by atoms with Gasteiger partial charge in [-0.15, -0.1) is 0 Å². The Balaban J connectivity index is 2.75. The van der Waals surface area contributed by atoms with Gasteiger partial charge in [-0.3, -0.25) is 0 Å². The van der Waals surface area contributed by atoms with E-state index in [1.807, 2.05) is 25.6 Å². The monoisotopic (exact) mass is 285 g/mol. The van der Waals surface area contributed by atoms with Crippen LogP contribution in [0.1, 0.15) is 27.7 Å². The molecule has 0 aliphatic carbocycles. The van der Waals surface area contributed by atoms with Crippen LogP contribution in [0.2, 0.25) is 0 Å². The van der Waals surface area contributed by atoms with Crippen molar-refractivity contribution in [1.29, 1.82) is 0 Å². The second kappa shape index (κ2) is 8.04. The normalized spacial score (nSPS) is 12.3. The van der Waals surface area contributed by atoms with Crippen molar-refractivity contribution < 1.29 is 4.74 Å². The van der Waals surface area contributed by atoms with Crippen molar-refractivity contribution in [3.05, 3.63) is 0 Å². The largest absolute Gasteiger partial charge is 0.461 e. The summed E-state index contributed by atoms with van der Waals surface area (Å²) in [5.74, 6) is 3.16. The Bertz CT molecular complexity index is 388. The smallest absolute Gasteiger partial charge is 0.323 e. The minimum Gasteiger partial charge on any atom is -0.461 e. The van der Waals surface area contributed by atoms with Crippen LogP contribution in [0.15, 0.2) is 0 Å². The number of ether oxygens (including phenoxy) is 1. The molecular weight excluding hydrogens is 262 g/mol. The number of aromatic nitrogens is 3. The highest BCUT2D eigenvalue weighted by molar-refractivity contribution is 7.99. The maximum Gasteiger partial charge on any atom is 0.323 e. The minimum atomic E-state index is 0.0352. The van der Waals surface area contributed by atoms with Crippen LogP contribution in [0.4, 0.5) is 11.9 Å². The van der Waals surface area contributed by atoms with Gasteiger partial charge in [0.2, 0.25) is 11.9 Å². The zero-order valence-electron chi connectivity index (χ0n) is 12.2. The van der Waals surface area contributed by atoms with E-state index < -0.39 is 0 Å². The molecule has 0 bridgehead atoms. The molecule has 1 heterocycles. The maximum atomic E-state index is 5.51. The van der Waals surface area contributed by atoms with E-state index in [0.29, 0.717) is 23.9 Å². The van der Waals surface area contributed by atoms with Crippen LogP contribution in [0, 0.1) is 0 Å². The molecule has 0 aromatic carbocycles. The Kier molecular flexibility index (Phi) is 6.69. The van der Waals surface area contributed by atoms with Gasteiger partial charge in [-0.1, -0.05) is 6.92 Å². The number of rotatable bonds is 8. The Labute approximate surface area is 119 Å². The van der Waals surface area contributed by atoms with Crippen LogP contribution in [0.5, 0.6) is 6.01 Å². The molecule has 1 unspecified atom stereocenters. The van der Waals surface area contributed by atoms with E-state index in [2.05, 4.69) is 39.4 Å². The van der Waals surface area contributed by atoms with E-state index in [1.165, 1.54) is 0 Å². The fourth-order valence-corrected chi connectivity index (χ4v) is 2.03. The summed E-state index contributed by atoms with van der Waals surface area (Å²) in [5.41, 5.74) is 0. The van der Waals surface area contributed by atoms with E-state index >= 15 is 0 Å².